The van der Waals surface area contributed by atoms with Crippen LogP contribution in [0.5, 0.6) is 5.75 Å². The molecule has 0 saturated carbocycles. The van der Waals surface area contributed by atoms with E-state index in [4.69, 9.17) is 37.9 Å². The number of ketones is 4. The van der Waals surface area contributed by atoms with Gasteiger partial charge in [-0.05, 0) is 125 Å². The molecule has 644 valence electrons. The number of benzene rings is 3. The van der Waals surface area contributed by atoms with Crippen LogP contribution >= 0.6 is 0 Å². The van der Waals surface area contributed by atoms with Crippen LogP contribution in [0.25, 0.3) is 11.1 Å². The van der Waals surface area contributed by atoms with E-state index in [1.807, 2.05) is 66.7 Å². The van der Waals surface area contributed by atoms with Gasteiger partial charge >= 0.3 is 5.97 Å². The number of nitrogens with one attached hydrogen (secondary N) is 4. The van der Waals surface area contributed by atoms with E-state index in [2.05, 4.69) is 21.3 Å². The van der Waals surface area contributed by atoms with Crippen molar-refractivity contribution in [3.63, 3.8) is 0 Å². The topological polar surface area (TPSA) is 458 Å². The molecule has 6 rings (SSSR count). The number of carbonyl (C=O) groups excluding carboxylic acids is 9. The van der Waals surface area contributed by atoms with E-state index in [9.17, 15) is 89.1 Å². The van der Waals surface area contributed by atoms with Crippen molar-refractivity contribution >= 4 is 52.7 Å². The van der Waals surface area contributed by atoms with E-state index in [0.29, 0.717) is 127 Å². The number of rotatable bonds is 60. The minimum absolute atomic E-state index is 0.0173. The second-order valence-corrected chi connectivity index (χ2v) is 30.2. The van der Waals surface area contributed by atoms with E-state index >= 15 is 0 Å². The highest BCUT2D eigenvalue weighted by Gasteiger charge is 2.54. The number of esters is 1. The molecule has 3 aromatic carbocycles. The largest absolute Gasteiger partial charge is 0.486 e. The second-order valence-electron chi connectivity index (χ2n) is 30.2. The fourth-order valence-corrected chi connectivity index (χ4v) is 13.9. The maximum absolute atomic E-state index is 13.2. The van der Waals surface area contributed by atoms with Crippen molar-refractivity contribution in [2.75, 3.05) is 52.7 Å². The lowest BCUT2D eigenvalue weighted by molar-refractivity contribution is -0.376. The molecule has 115 heavy (non-hydrogen) atoms. The molecule has 3 aliphatic heterocycles. The van der Waals surface area contributed by atoms with Gasteiger partial charge in [-0.3, -0.25) is 43.2 Å². The van der Waals surface area contributed by atoms with Gasteiger partial charge in [0.15, 0.2) is 30.4 Å². The summed E-state index contributed by atoms with van der Waals surface area (Å²) < 4.78 is 45.4. The molecule has 3 saturated heterocycles. The fraction of sp³-hybridized carbons (Fsp3) is 0.682. The predicted octanol–water partition coefficient (Wildman–Crippen LogP) is 6.20. The first-order valence-corrected chi connectivity index (χ1v) is 41.6. The number of ether oxygens (including phenoxy) is 8. The zero-order valence-corrected chi connectivity index (χ0v) is 66.8. The lowest BCUT2D eigenvalue weighted by Gasteiger charge is -2.48. The Morgan fingerprint density at radius 1 is 0.400 bits per heavy atom. The molecule has 3 heterocycles. The molecular formula is C85H128N4O26. The highest BCUT2D eigenvalue weighted by atomic mass is 16.8. The highest BCUT2D eigenvalue weighted by Crippen LogP contribution is 2.34. The average molecular weight is 1620 g/mol. The molecule has 0 aliphatic carbocycles. The Kier molecular flexibility index (Phi) is 46.7. The third-order valence-corrected chi connectivity index (χ3v) is 20.7. The molecule has 6 unspecified atom stereocenters. The lowest BCUT2D eigenvalue weighted by Crippen LogP contribution is -2.68. The molecule has 30 heteroatoms. The van der Waals surface area contributed by atoms with Gasteiger partial charge in [0.25, 0.3) is 0 Å². The van der Waals surface area contributed by atoms with E-state index < -0.39 is 118 Å². The van der Waals surface area contributed by atoms with Gasteiger partial charge in [0, 0.05) is 103 Å². The van der Waals surface area contributed by atoms with E-state index in [1.165, 1.54) is 6.92 Å². The Morgan fingerprint density at radius 2 is 0.861 bits per heavy atom. The van der Waals surface area contributed by atoms with E-state index in [1.54, 1.807) is 12.1 Å². The quantitative estimate of drug-likeness (QED) is 0.0170. The van der Waals surface area contributed by atoms with Crippen LogP contribution in [0.3, 0.4) is 0 Å². The maximum Gasteiger partial charge on any atom is 0.306 e. The van der Waals surface area contributed by atoms with Gasteiger partial charge in [-0.15, -0.1) is 0 Å². The second kappa shape index (κ2) is 55.5. The van der Waals surface area contributed by atoms with Gasteiger partial charge in [0.1, 0.15) is 104 Å². The Hall–Kier alpha value is -7.11. The van der Waals surface area contributed by atoms with Crippen molar-refractivity contribution < 1.29 is 127 Å². The van der Waals surface area contributed by atoms with Gasteiger partial charge in [-0.1, -0.05) is 118 Å². The van der Waals surface area contributed by atoms with Crippen LogP contribution in [0, 0.1) is 0 Å². The van der Waals surface area contributed by atoms with Crippen LogP contribution in [0.2, 0.25) is 0 Å². The molecule has 0 bridgehead atoms. The summed E-state index contributed by atoms with van der Waals surface area (Å²) in [5.74, 6) is 0.0957. The molecule has 3 aromatic rings. The zero-order valence-electron chi connectivity index (χ0n) is 66.8. The van der Waals surface area contributed by atoms with Crippen molar-refractivity contribution in [2.45, 2.75) is 317 Å². The highest BCUT2D eigenvalue weighted by molar-refractivity contribution is 5.97. The zero-order chi connectivity index (χ0) is 83.1. The Labute approximate surface area is 675 Å². The fourth-order valence-electron chi connectivity index (χ4n) is 13.9. The minimum atomic E-state index is -1.97. The van der Waals surface area contributed by atoms with E-state index in [0.717, 1.165) is 126 Å². The Bertz CT molecular complexity index is 3330. The third kappa shape index (κ3) is 36.7. The van der Waals surface area contributed by atoms with Crippen LogP contribution in [0.4, 0.5) is 0 Å². The average Bonchev–Trinajstić information content (AvgIpc) is 0.752. The normalized spacial score (nSPS) is 23.3. The predicted molar refractivity (Wildman–Crippen MR) is 421 cm³/mol. The van der Waals surface area contributed by atoms with Gasteiger partial charge in [0.05, 0.1) is 19.8 Å². The van der Waals surface area contributed by atoms with Gasteiger partial charge in [-0.2, -0.15) is 0 Å². The van der Waals surface area contributed by atoms with Crippen molar-refractivity contribution in [3.05, 3.63) is 90.0 Å². The molecule has 15 atom stereocenters. The summed E-state index contributed by atoms with van der Waals surface area (Å²) in [7, 11) is 0. The summed E-state index contributed by atoms with van der Waals surface area (Å²) in [4.78, 5) is 112. The minimum Gasteiger partial charge on any atom is -0.486 e. The number of hydrogen-bond acceptors (Lipinski definition) is 26. The van der Waals surface area contributed by atoms with E-state index in [-0.39, 0.29) is 73.1 Å². The van der Waals surface area contributed by atoms with Crippen LogP contribution < -0.4 is 26.0 Å². The van der Waals surface area contributed by atoms with Crippen LogP contribution in [-0.2, 0) is 78.1 Å². The van der Waals surface area contributed by atoms with Crippen LogP contribution in [0.15, 0.2) is 78.9 Å². The summed E-state index contributed by atoms with van der Waals surface area (Å²) in [6.07, 6.45) is -2.02. The van der Waals surface area contributed by atoms with Crippen molar-refractivity contribution in [3.8, 4) is 16.9 Å². The standard InChI is InChI=1S/C85H128N4O26/c1-57(93)89-74-77(104)81(114-85-80(107)82(76(103)68(53-91)112-85)115-84-79(106)78(105)75(102)67(52-90)111-84)69(54-92)113-83(74)108-50-27-23-36-63(95)35-17-10-25-48-86-70(98)40-20-6-3-15-37-64(96)56-109-65-45-43-59(44-46-65)60-31-28-32-61(51-60)66(97)38-18-4-7-21-41-72(100)87-47-24-9-16-34-62(94)33-14-2-5-19-39-71(99)88-49-26-11-22-42-73(101)110-55-58-29-12-8-13-30-58/h8,12-13,28-32,43-46,51,67-69,74-85,90-92,102-107H,2-7,9-11,14-27,33-42,47-50,52-56H2,1H3,(H,86,98)(H,87,100)(H,88,99)(H,89,93)/t67?,68?,69?,74?,75-,76-,77+,78-,79?,80?,81+,82-,83+,84+,85-/m0/s1. The SMILES string of the molecule is CC(=O)NC1[C@H](OCCCCC(=O)CCCCCNC(=O)CCCCCCC(=O)COc2ccc(-c3cccc(C(=O)CCCCCCC(=O)NCCCCCC(=O)CCCCCCC(=O)NCCCCCC(=O)OCc4ccccc4)c3)cc2)OC(CO)[C@@H](O[C@@H]2OC(CO)[C@H](O)[C@H](O[C@H]3OC(CO)[C@H](O)[C@H](O)C3O)C2O)[C@@H]1O. The molecule has 13 N–H and O–H groups in total. The maximum atomic E-state index is 13.2. The number of unbranched alkanes of at least 4 members (excludes halogenated alkanes) is 16. The van der Waals surface area contributed by atoms with Crippen molar-refractivity contribution in [1.29, 1.82) is 0 Å². The molecular weight excluding hydrogens is 1490 g/mol. The molecule has 0 aromatic heterocycles. The number of Topliss-reactive ketones (excluding diaryl/α,β-unsaturated/α-hetero) is 4. The Morgan fingerprint density at radius 3 is 1.39 bits per heavy atom. The molecule has 3 aliphatic rings. The molecule has 0 spiro atoms. The first-order chi connectivity index (χ1) is 55.6. The summed E-state index contributed by atoms with van der Waals surface area (Å²) in [6.45, 7) is 0.674. The monoisotopic (exact) mass is 1620 g/mol. The smallest absolute Gasteiger partial charge is 0.306 e. The Balaban J connectivity index is 0.701. The summed E-state index contributed by atoms with van der Waals surface area (Å²) >= 11 is 0. The number of aliphatic hydroxyl groups excluding tert-OH is 9. The molecule has 30 nitrogen and oxygen atoms in total. The van der Waals surface area contributed by atoms with Gasteiger partial charge in [-0.25, -0.2) is 0 Å². The lowest BCUT2D eigenvalue weighted by atomic mass is 9.95. The molecule has 4 amide bonds. The number of carbonyl (C=O) groups is 9. The molecule has 0 radical (unpaired) electrons. The number of amides is 4. The number of aliphatic hydroxyl groups is 9. The summed E-state index contributed by atoms with van der Waals surface area (Å²) in [6, 6.07) is 23.2. The third-order valence-electron chi connectivity index (χ3n) is 20.7. The number of hydrogen-bond donors (Lipinski definition) is 13. The first-order valence-electron chi connectivity index (χ1n) is 41.6. The summed E-state index contributed by atoms with van der Waals surface area (Å²) in [5.41, 5.74) is 3.39. The van der Waals surface area contributed by atoms with Gasteiger partial charge < -0.3 is 105 Å². The molecule has 3 fully saturated rings. The van der Waals surface area contributed by atoms with Crippen molar-refractivity contribution in [2.24, 2.45) is 0 Å². The first kappa shape index (κ1) is 96.7. The summed E-state index contributed by atoms with van der Waals surface area (Å²) in [5, 5.41) is 106. The van der Waals surface area contributed by atoms with Crippen molar-refractivity contribution in [1.82, 2.24) is 21.3 Å². The van der Waals surface area contributed by atoms with Gasteiger partial charge in [0.2, 0.25) is 23.6 Å². The van der Waals surface area contributed by atoms with Crippen LogP contribution in [-0.4, -0.2) is 243 Å². The van der Waals surface area contributed by atoms with Crippen LogP contribution in [0.1, 0.15) is 235 Å².